The third-order valence-electron chi connectivity index (χ3n) is 4.30. The maximum atomic E-state index is 8.80. The number of hydrogen-bond acceptors (Lipinski definition) is 3. The van der Waals surface area contributed by atoms with Gasteiger partial charge in [-0.1, -0.05) is 38.8 Å². The molecule has 1 saturated heterocycles. The molecule has 0 radical (unpaired) electrons. The van der Waals surface area contributed by atoms with E-state index in [9.17, 15) is 0 Å². The highest BCUT2D eigenvalue weighted by atomic mass is 16.4. The minimum absolute atomic E-state index is 0.223. The molecule has 1 fully saturated rings. The Bertz CT molecular complexity index is 276. The third-order valence-corrected chi connectivity index (χ3v) is 4.30. The lowest BCUT2D eigenvalue weighted by Crippen LogP contribution is -2.40. The lowest BCUT2D eigenvalue weighted by molar-refractivity contribution is 0.176. The number of hydrogen-bond donors (Lipinski definition) is 2. The van der Waals surface area contributed by atoms with Crippen LogP contribution in [0.15, 0.2) is 5.16 Å². The average Bonchev–Trinajstić information content (AvgIpc) is 2.59. The zero-order valence-corrected chi connectivity index (χ0v) is 12.2. The van der Waals surface area contributed by atoms with Gasteiger partial charge in [0.25, 0.3) is 0 Å². The fraction of sp³-hybridized carbons (Fsp3) is 0.929. The van der Waals surface area contributed by atoms with Crippen LogP contribution in [0.3, 0.4) is 0 Å². The lowest BCUT2D eigenvalue weighted by atomic mass is 9.87. The van der Waals surface area contributed by atoms with Crippen molar-refractivity contribution in [2.75, 3.05) is 13.1 Å². The monoisotopic (exact) mass is 255 g/mol. The van der Waals surface area contributed by atoms with E-state index in [4.69, 9.17) is 10.9 Å². The molecule has 4 nitrogen and oxygen atoms in total. The number of likely N-dealkylation sites (tertiary alicyclic amines) is 1. The van der Waals surface area contributed by atoms with Crippen LogP contribution in [-0.2, 0) is 0 Å². The average molecular weight is 255 g/mol. The van der Waals surface area contributed by atoms with Crippen LogP contribution in [-0.4, -0.2) is 35.1 Å². The Balaban J connectivity index is 2.54. The quantitative estimate of drug-likeness (QED) is 0.344. The van der Waals surface area contributed by atoms with Gasteiger partial charge in [-0.25, -0.2) is 0 Å². The molecule has 0 saturated carbocycles. The summed E-state index contributed by atoms with van der Waals surface area (Å²) >= 11 is 0. The highest BCUT2D eigenvalue weighted by Crippen LogP contribution is 2.24. The van der Waals surface area contributed by atoms with E-state index in [0.29, 0.717) is 5.84 Å². The van der Waals surface area contributed by atoms with Crippen LogP contribution in [0.1, 0.15) is 59.3 Å². The molecule has 0 spiro atoms. The van der Waals surface area contributed by atoms with Gasteiger partial charge in [-0.15, -0.1) is 0 Å². The highest BCUT2D eigenvalue weighted by Gasteiger charge is 2.26. The van der Waals surface area contributed by atoms with E-state index >= 15 is 0 Å². The Morgan fingerprint density at radius 3 is 2.72 bits per heavy atom. The van der Waals surface area contributed by atoms with Crippen LogP contribution in [0, 0.1) is 5.41 Å². The molecule has 0 amide bonds. The third kappa shape index (κ3) is 4.16. The van der Waals surface area contributed by atoms with Crippen molar-refractivity contribution in [3.05, 3.63) is 0 Å². The van der Waals surface area contributed by atoms with Gasteiger partial charge in [0.05, 0.1) is 0 Å². The van der Waals surface area contributed by atoms with Crippen molar-refractivity contribution in [3.8, 4) is 0 Å². The fourth-order valence-electron chi connectivity index (χ4n) is 2.68. The summed E-state index contributed by atoms with van der Waals surface area (Å²) in [5.41, 5.74) is 5.52. The second-order valence-electron chi connectivity index (χ2n) is 6.07. The molecule has 1 atom stereocenters. The minimum Gasteiger partial charge on any atom is -0.409 e. The van der Waals surface area contributed by atoms with Gasteiger partial charge in [0.2, 0.25) is 0 Å². The summed E-state index contributed by atoms with van der Waals surface area (Å²) in [6.45, 7) is 8.60. The topological polar surface area (TPSA) is 61.8 Å². The minimum atomic E-state index is -0.223. The SMILES string of the molecule is CCC1CCCCCN1CCC(C)(C)C(N)=NO. The Morgan fingerprint density at radius 1 is 1.39 bits per heavy atom. The molecule has 0 aromatic carbocycles. The van der Waals surface area contributed by atoms with Crippen molar-refractivity contribution < 1.29 is 5.21 Å². The molecule has 0 aliphatic carbocycles. The molecule has 1 heterocycles. The van der Waals surface area contributed by atoms with E-state index in [2.05, 4.69) is 17.0 Å². The number of oxime groups is 1. The first kappa shape index (κ1) is 15.3. The molecule has 1 aliphatic heterocycles. The number of amidine groups is 1. The van der Waals surface area contributed by atoms with Crippen LogP contribution in [0.2, 0.25) is 0 Å². The second kappa shape index (κ2) is 6.98. The van der Waals surface area contributed by atoms with Gasteiger partial charge in [0, 0.05) is 11.5 Å². The van der Waals surface area contributed by atoms with E-state index in [0.717, 1.165) is 19.0 Å². The predicted molar refractivity (Wildman–Crippen MR) is 75.9 cm³/mol. The zero-order valence-electron chi connectivity index (χ0n) is 12.2. The molecule has 18 heavy (non-hydrogen) atoms. The Hall–Kier alpha value is -0.770. The summed E-state index contributed by atoms with van der Waals surface area (Å²) in [7, 11) is 0. The van der Waals surface area contributed by atoms with E-state index in [1.807, 2.05) is 13.8 Å². The number of nitrogens with two attached hydrogens (primary N) is 1. The maximum Gasteiger partial charge on any atom is 0.144 e. The van der Waals surface area contributed by atoms with Crippen LogP contribution in [0.5, 0.6) is 0 Å². The molecule has 1 aliphatic rings. The fourth-order valence-corrected chi connectivity index (χ4v) is 2.68. The molecular formula is C14H29N3O. The van der Waals surface area contributed by atoms with Crippen LogP contribution in [0.4, 0.5) is 0 Å². The maximum absolute atomic E-state index is 8.80. The summed E-state index contributed by atoms with van der Waals surface area (Å²) in [5, 5.41) is 12.0. The van der Waals surface area contributed by atoms with E-state index in [-0.39, 0.29) is 5.41 Å². The van der Waals surface area contributed by atoms with Gasteiger partial charge in [-0.3, -0.25) is 0 Å². The van der Waals surface area contributed by atoms with Gasteiger partial charge in [0.15, 0.2) is 0 Å². The predicted octanol–water partition coefficient (Wildman–Crippen LogP) is 2.80. The van der Waals surface area contributed by atoms with Crippen molar-refractivity contribution in [2.24, 2.45) is 16.3 Å². The molecule has 106 valence electrons. The van der Waals surface area contributed by atoms with Crippen LogP contribution in [0.25, 0.3) is 0 Å². The first-order valence-corrected chi connectivity index (χ1v) is 7.23. The molecule has 0 aromatic rings. The molecule has 3 N–H and O–H groups in total. The number of nitrogens with zero attached hydrogens (tertiary/aromatic N) is 2. The largest absolute Gasteiger partial charge is 0.409 e. The first-order chi connectivity index (χ1) is 8.51. The second-order valence-corrected chi connectivity index (χ2v) is 6.07. The Morgan fingerprint density at radius 2 is 2.11 bits per heavy atom. The van der Waals surface area contributed by atoms with Crippen molar-refractivity contribution in [2.45, 2.75) is 65.3 Å². The van der Waals surface area contributed by atoms with Gasteiger partial charge in [0.1, 0.15) is 5.84 Å². The van der Waals surface area contributed by atoms with Crippen molar-refractivity contribution in [3.63, 3.8) is 0 Å². The zero-order chi connectivity index (χ0) is 13.6. The van der Waals surface area contributed by atoms with Crippen molar-refractivity contribution in [1.82, 2.24) is 4.90 Å². The standard InChI is InChI=1S/C14H29N3O/c1-4-12-8-6-5-7-10-17(12)11-9-14(2,3)13(15)16-18/h12,18H,4-11H2,1-3H3,(H2,15,16). The molecule has 0 bridgehead atoms. The van der Waals surface area contributed by atoms with Gasteiger partial charge in [-0.2, -0.15) is 0 Å². The van der Waals surface area contributed by atoms with Crippen molar-refractivity contribution in [1.29, 1.82) is 0 Å². The lowest BCUT2D eigenvalue weighted by Gasteiger charge is -2.32. The molecule has 1 rings (SSSR count). The molecule has 1 unspecified atom stereocenters. The molecular weight excluding hydrogens is 226 g/mol. The Labute approximate surface area is 111 Å². The number of rotatable bonds is 5. The van der Waals surface area contributed by atoms with Gasteiger partial charge >= 0.3 is 0 Å². The smallest absolute Gasteiger partial charge is 0.144 e. The summed E-state index contributed by atoms with van der Waals surface area (Å²) in [6.07, 6.45) is 7.51. The van der Waals surface area contributed by atoms with Crippen LogP contribution >= 0.6 is 0 Å². The van der Waals surface area contributed by atoms with Crippen LogP contribution < -0.4 is 5.73 Å². The van der Waals surface area contributed by atoms with Crippen molar-refractivity contribution >= 4 is 5.84 Å². The molecule has 4 heteroatoms. The van der Waals surface area contributed by atoms with E-state index < -0.39 is 0 Å². The summed E-state index contributed by atoms with van der Waals surface area (Å²) in [5.74, 6) is 0.338. The summed E-state index contributed by atoms with van der Waals surface area (Å²) < 4.78 is 0. The van der Waals surface area contributed by atoms with E-state index in [1.165, 1.54) is 38.6 Å². The summed E-state index contributed by atoms with van der Waals surface area (Å²) in [4.78, 5) is 2.60. The highest BCUT2D eigenvalue weighted by molar-refractivity contribution is 5.85. The van der Waals surface area contributed by atoms with Gasteiger partial charge < -0.3 is 15.8 Å². The Kier molecular flexibility index (Phi) is 5.93. The normalized spacial score (nSPS) is 23.9. The summed E-state index contributed by atoms with van der Waals surface area (Å²) in [6, 6.07) is 0.718. The van der Waals surface area contributed by atoms with E-state index in [1.54, 1.807) is 0 Å². The first-order valence-electron chi connectivity index (χ1n) is 7.23. The molecule has 0 aromatic heterocycles. The van der Waals surface area contributed by atoms with Gasteiger partial charge in [-0.05, 0) is 38.8 Å².